The molecule has 1 N–H and O–H groups in total. The Morgan fingerprint density at radius 2 is 1.79 bits per heavy atom. The Balaban J connectivity index is 1.66. The fourth-order valence-corrected chi connectivity index (χ4v) is 5.58. The van der Waals surface area contributed by atoms with Gasteiger partial charge in [0.25, 0.3) is 5.78 Å². The molecule has 1 aromatic heterocycles. The molecule has 5 rings (SSSR count). The van der Waals surface area contributed by atoms with Gasteiger partial charge in [-0.2, -0.15) is 0 Å². The first-order chi connectivity index (χ1) is 18.4. The maximum Gasteiger partial charge on any atom is 0.301 e. The van der Waals surface area contributed by atoms with Gasteiger partial charge in [-0.1, -0.05) is 48.6 Å². The van der Waals surface area contributed by atoms with Gasteiger partial charge in [-0.05, 0) is 67.8 Å². The van der Waals surface area contributed by atoms with Crippen LogP contribution in [0.15, 0.2) is 72.3 Å². The van der Waals surface area contributed by atoms with E-state index in [0.717, 1.165) is 22.2 Å². The second-order valence-corrected chi connectivity index (χ2v) is 10.0. The van der Waals surface area contributed by atoms with Crippen LogP contribution < -0.4 is 14.4 Å². The molecule has 0 aliphatic carbocycles. The highest BCUT2D eigenvalue weighted by molar-refractivity contribution is 7.22. The SMILES string of the molecule is CCCOc1cccc(/C(O)=C2\C(=O)C(=O)N(c3nc4ccc(C)cc4s3)C2c2ccc(OCC)cc2)c1. The molecule has 1 fully saturated rings. The van der Waals surface area contributed by atoms with Crippen molar-refractivity contribution < 1.29 is 24.2 Å². The van der Waals surface area contributed by atoms with E-state index >= 15 is 0 Å². The largest absolute Gasteiger partial charge is 0.507 e. The van der Waals surface area contributed by atoms with Gasteiger partial charge < -0.3 is 14.6 Å². The Morgan fingerprint density at radius 1 is 1.00 bits per heavy atom. The van der Waals surface area contributed by atoms with Gasteiger partial charge in [0.05, 0.1) is 35.0 Å². The summed E-state index contributed by atoms with van der Waals surface area (Å²) >= 11 is 1.34. The molecule has 1 amide bonds. The van der Waals surface area contributed by atoms with Crippen LogP contribution in [0.1, 0.15) is 43.0 Å². The van der Waals surface area contributed by atoms with Crippen LogP contribution in [-0.2, 0) is 9.59 Å². The smallest absolute Gasteiger partial charge is 0.301 e. The molecule has 1 aliphatic rings. The van der Waals surface area contributed by atoms with Crippen molar-refractivity contribution in [3.05, 3.63) is 89.0 Å². The number of carbonyl (C=O) groups is 2. The molecular formula is C30H28N2O5S. The fourth-order valence-electron chi connectivity index (χ4n) is 4.49. The molecule has 4 aromatic rings. The lowest BCUT2D eigenvalue weighted by molar-refractivity contribution is -0.132. The number of Topliss-reactive ketones (excluding diaryl/α,β-unsaturated/α-hetero) is 1. The van der Waals surface area contributed by atoms with Gasteiger partial charge in [-0.15, -0.1) is 0 Å². The lowest BCUT2D eigenvalue weighted by Gasteiger charge is -2.23. The lowest BCUT2D eigenvalue weighted by atomic mass is 9.95. The maximum absolute atomic E-state index is 13.5. The molecule has 38 heavy (non-hydrogen) atoms. The zero-order valence-corrected chi connectivity index (χ0v) is 22.2. The van der Waals surface area contributed by atoms with E-state index in [4.69, 9.17) is 9.47 Å². The zero-order valence-electron chi connectivity index (χ0n) is 21.4. The number of benzene rings is 3. The summed E-state index contributed by atoms with van der Waals surface area (Å²) in [7, 11) is 0. The van der Waals surface area contributed by atoms with E-state index in [2.05, 4.69) is 4.98 Å². The average molecular weight is 529 g/mol. The molecule has 0 saturated carbocycles. The first-order valence-electron chi connectivity index (χ1n) is 12.6. The molecule has 1 unspecified atom stereocenters. The quantitative estimate of drug-likeness (QED) is 0.161. The maximum atomic E-state index is 13.5. The van der Waals surface area contributed by atoms with Crippen LogP contribution in [0.3, 0.4) is 0 Å². The first kappa shape index (κ1) is 25.5. The van der Waals surface area contributed by atoms with Crippen LogP contribution >= 0.6 is 11.3 Å². The second-order valence-electron chi connectivity index (χ2n) is 9.02. The number of aliphatic hydroxyl groups excluding tert-OH is 1. The van der Waals surface area contributed by atoms with Crippen molar-refractivity contribution >= 4 is 44.1 Å². The summed E-state index contributed by atoms with van der Waals surface area (Å²) in [5, 5.41) is 11.8. The first-order valence-corrected chi connectivity index (χ1v) is 13.4. The Kier molecular flexibility index (Phi) is 7.15. The van der Waals surface area contributed by atoms with E-state index in [1.165, 1.54) is 16.2 Å². The van der Waals surface area contributed by atoms with Crippen molar-refractivity contribution in [2.45, 2.75) is 33.2 Å². The Hall–Kier alpha value is -4.17. The summed E-state index contributed by atoms with van der Waals surface area (Å²) in [5.74, 6) is -0.520. The third-order valence-electron chi connectivity index (χ3n) is 6.27. The third-order valence-corrected chi connectivity index (χ3v) is 7.29. The van der Waals surface area contributed by atoms with Crippen LogP contribution in [-0.4, -0.2) is 35.0 Å². The normalized spacial score (nSPS) is 16.8. The molecule has 3 aromatic carbocycles. The molecule has 0 spiro atoms. The number of anilines is 1. The molecule has 0 bridgehead atoms. The number of fused-ring (bicyclic) bond motifs is 1. The Labute approximate surface area is 225 Å². The van der Waals surface area contributed by atoms with Crippen molar-refractivity contribution in [2.75, 3.05) is 18.1 Å². The number of aliphatic hydroxyl groups is 1. The van der Waals surface area contributed by atoms with Gasteiger partial charge in [0.15, 0.2) is 5.13 Å². The van der Waals surface area contributed by atoms with Crippen molar-refractivity contribution in [1.29, 1.82) is 0 Å². The number of ether oxygens (including phenoxy) is 2. The number of carbonyl (C=O) groups excluding carboxylic acids is 2. The van der Waals surface area contributed by atoms with E-state index in [1.807, 2.05) is 39.0 Å². The van der Waals surface area contributed by atoms with Crippen LogP contribution in [0.5, 0.6) is 11.5 Å². The predicted molar refractivity (Wildman–Crippen MR) is 149 cm³/mol. The number of aryl methyl sites for hydroxylation is 1. The van der Waals surface area contributed by atoms with Crippen LogP contribution in [0.25, 0.3) is 16.0 Å². The summed E-state index contributed by atoms with van der Waals surface area (Å²) in [6.07, 6.45) is 0.834. The monoisotopic (exact) mass is 528 g/mol. The number of ketones is 1. The lowest BCUT2D eigenvalue weighted by Crippen LogP contribution is -2.29. The molecule has 194 valence electrons. The van der Waals surface area contributed by atoms with E-state index in [9.17, 15) is 14.7 Å². The number of thiazole rings is 1. The van der Waals surface area contributed by atoms with Crippen LogP contribution in [0.2, 0.25) is 0 Å². The van der Waals surface area contributed by atoms with E-state index in [1.54, 1.807) is 48.5 Å². The van der Waals surface area contributed by atoms with Gasteiger partial charge >= 0.3 is 5.91 Å². The summed E-state index contributed by atoms with van der Waals surface area (Å²) in [6.45, 7) is 6.93. The van der Waals surface area contributed by atoms with E-state index in [0.29, 0.717) is 41.0 Å². The summed E-state index contributed by atoms with van der Waals surface area (Å²) in [4.78, 5) is 33.1. The van der Waals surface area contributed by atoms with Gasteiger partial charge in [0.2, 0.25) is 0 Å². The van der Waals surface area contributed by atoms with Crippen molar-refractivity contribution in [1.82, 2.24) is 4.98 Å². The second kappa shape index (κ2) is 10.7. The van der Waals surface area contributed by atoms with Gasteiger partial charge in [0.1, 0.15) is 17.3 Å². The summed E-state index contributed by atoms with van der Waals surface area (Å²) in [5.41, 5.74) is 2.87. The minimum atomic E-state index is -0.868. The van der Waals surface area contributed by atoms with Crippen LogP contribution in [0, 0.1) is 6.92 Å². The molecule has 1 atom stereocenters. The van der Waals surface area contributed by atoms with Crippen LogP contribution in [0.4, 0.5) is 5.13 Å². The molecule has 8 heteroatoms. The summed E-state index contributed by atoms with van der Waals surface area (Å²) < 4.78 is 12.2. The molecule has 1 saturated heterocycles. The van der Waals surface area contributed by atoms with Gasteiger partial charge in [-0.3, -0.25) is 14.5 Å². The topological polar surface area (TPSA) is 89.0 Å². The molecule has 7 nitrogen and oxygen atoms in total. The number of rotatable bonds is 8. The number of nitrogens with zero attached hydrogens (tertiary/aromatic N) is 2. The average Bonchev–Trinajstić information content (AvgIpc) is 3.45. The Morgan fingerprint density at radius 3 is 2.53 bits per heavy atom. The third kappa shape index (κ3) is 4.75. The molecular weight excluding hydrogens is 500 g/mol. The number of amides is 1. The standard InChI is InChI=1S/C30H28N2O5S/c1-4-15-37-22-8-6-7-20(17-22)27(33)25-26(19-10-12-21(13-11-19)36-5-2)32(29(35)28(25)34)30-31-23-14-9-18(3)16-24(23)38-30/h6-14,16-17,26,33H,4-5,15H2,1-3H3/b27-25+. The van der Waals surface area contributed by atoms with Gasteiger partial charge in [-0.25, -0.2) is 4.98 Å². The molecule has 2 heterocycles. The highest BCUT2D eigenvalue weighted by Crippen LogP contribution is 2.44. The number of hydrogen-bond acceptors (Lipinski definition) is 7. The van der Waals surface area contributed by atoms with Crippen molar-refractivity contribution in [3.8, 4) is 11.5 Å². The fraction of sp³-hybridized carbons (Fsp3) is 0.233. The van der Waals surface area contributed by atoms with E-state index in [-0.39, 0.29) is 11.3 Å². The van der Waals surface area contributed by atoms with Crippen molar-refractivity contribution in [3.63, 3.8) is 0 Å². The predicted octanol–water partition coefficient (Wildman–Crippen LogP) is 6.42. The van der Waals surface area contributed by atoms with Gasteiger partial charge in [0, 0.05) is 5.56 Å². The van der Waals surface area contributed by atoms with Crippen molar-refractivity contribution in [2.24, 2.45) is 0 Å². The minimum Gasteiger partial charge on any atom is -0.507 e. The zero-order chi connectivity index (χ0) is 26.8. The van der Waals surface area contributed by atoms with E-state index < -0.39 is 17.7 Å². The highest BCUT2D eigenvalue weighted by Gasteiger charge is 2.48. The minimum absolute atomic E-state index is 0.00207. The summed E-state index contributed by atoms with van der Waals surface area (Å²) in [6, 6.07) is 19.1. The number of aromatic nitrogens is 1. The number of hydrogen-bond donors (Lipinski definition) is 1. The molecule has 0 radical (unpaired) electrons. The highest BCUT2D eigenvalue weighted by atomic mass is 32.1. The Bertz CT molecular complexity index is 1540. The molecule has 1 aliphatic heterocycles.